The van der Waals surface area contributed by atoms with Crippen LogP contribution in [0.15, 0.2) is 4.99 Å². The zero-order valence-electron chi connectivity index (χ0n) is 9.64. The molecule has 1 fully saturated rings. The molecule has 1 atom stereocenters. The summed E-state index contributed by atoms with van der Waals surface area (Å²) in [4.78, 5) is 28.1. The number of carbonyl (C=O) groups is 2. The van der Waals surface area contributed by atoms with Gasteiger partial charge in [0.2, 0.25) is 11.8 Å². The van der Waals surface area contributed by atoms with Gasteiger partial charge in [-0.2, -0.15) is 4.99 Å². The fraction of sp³-hybridized carbons (Fsp3) is 0.556. The number of aliphatic imine (C=N–C) groups is 1. The summed E-state index contributed by atoms with van der Waals surface area (Å²) in [5.74, 6) is -0.745. The second-order valence-corrected chi connectivity index (χ2v) is 5.04. The van der Waals surface area contributed by atoms with E-state index in [1.807, 2.05) is 0 Å². The van der Waals surface area contributed by atoms with Crippen LogP contribution in [0, 0.1) is 5.41 Å². The lowest BCUT2D eigenvalue weighted by molar-refractivity contribution is -0.140. The summed E-state index contributed by atoms with van der Waals surface area (Å²) in [6.07, 6.45) is 0.0874. The predicted octanol–water partition coefficient (Wildman–Crippen LogP) is -0.536. The minimum absolute atomic E-state index is 0.0874. The van der Waals surface area contributed by atoms with Gasteiger partial charge >= 0.3 is 0 Å². The minimum atomic E-state index is -0.597. The molecule has 1 aliphatic heterocycles. The quantitative estimate of drug-likeness (QED) is 0.348. The van der Waals surface area contributed by atoms with Crippen LogP contribution < -0.4 is 11.5 Å². The van der Waals surface area contributed by atoms with E-state index in [1.54, 1.807) is 13.8 Å². The predicted molar refractivity (Wildman–Crippen MR) is 66.5 cm³/mol. The second-order valence-electron chi connectivity index (χ2n) is 3.85. The van der Waals surface area contributed by atoms with Crippen molar-refractivity contribution in [2.24, 2.45) is 16.5 Å². The number of thioether (sulfide) groups is 1. The number of amides is 2. The Kier molecular flexibility index (Phi) is 4.11. The van der Waals surface area contributed by atoms with Gasteiger partial charge in [0.25, 0.3) is 0 Å². The van der Waals surface area contributed by atoms with E-state index in [4.69, 9.17) is 16.9 Å². The van der Waals surface area contributed by atoms with E-state index in [1.165, 1.54) is 4.90 Å². The number of carbonyl (C=O) groups excluding carboxylic acids is 2. The Morgan fingerprint density at radius 3 is 2.53 bits per heavy atom. The Morgan fingerprint density at radius 2 is 2.12 bits per heavy atom. The van der Waals surface area contributed by atoms with Crippen molar-refractivity contribution in [2.75, 3.05) is 0 Å². The molecule has 2 amide bonds. The van der Waals surface area contributed by atoms with Crippen LogP contribution in [-0.4, -0.2) is 39.1 Å². The van der Waals surface area contributed by atoms with Gasteiger partial charge < -0.3 is 11.5 Å². The average Bonchev–Trinajstić information content (AvgIpc) is 2.39. The Morgan fingerprint density at radius 1 is 1.53 bits per heavy atom. The van der Waals surface area contributed by atoms with Gasteiger partial charge in [0, 0.05) is 12.5 Å². The lowest BCUT2D eigenvalue weighted by Crippen LogP contribution is -2.37. The molecule has 0 saturated carbocycles. The first-order chi connectivity index (χ1) is 7.82. The smallest absolute Gasteiger partial charge is 0.243 e. The summed E-state index contributed by atoms with van der Waals surface area (Å²) in [6.45, 7) is 3.54. The van der Waals surface area contributed by atoms with Crippen LogP contribution in [0.5, 0.6) is 0 Å². The summed E-state index contributed by atoms with van der Waals surface area (Å²) in [5.41, 5.74) is 10.2. The van der Waals surface area contributed by atoms with Gasteiger partial charge in [-0.1, -0.05) is 11.8 Å². The highest BCUT2D eigenvalue weighted by molar-refractivity contribution is 8.14. The number of likely N-dealkylation sites (tertiary alicyclic amines) is 1. The van der Waals surface area contributed by atoms with Crippen LogP contribution in [0.2, 0.25) is 0 Å². The zero-order valence-corrected chi connectivity index (χ0v) is 10.5. The maximum atomic E-state index is 11.9. The van der Waals surface area contributed by atoms with Crippen LogP contribution in [0.4, 0.5) is 0 Å². The molecule has 5 N–H and O–H groups in total. The van der Waals surface area contributed by atoms with E-state index < -0.39 is 5.25 Å². The number of rotatable bonds is 2. The van der Waals surface area contributed by atoms with Crippen molar-refractivity contribution in [1.82, 2.24) is 4.90 Å². The molecule has 1 heterocycles. The number of nitrogens with two attached hydrogens (primary N) is 2. The highest BCUT2D eigenvalue weighted by Gasteiger charge is 2.40. The molecule has 0 radical (unpaired) electrons. The van der Waals surface area contributed by atoms with Crippen molar-refractivity contribution >= 4 is 34.7 Å². The first kappa shape index (κ1) is 13.5. The molecule has 0 aromatic heterocycles. The van der Waals surface area contributed by atoms with Crippen molar-refractivity contribution in [3.05, 3.63) is 0 Å². The maximum Gasteiger partial charge on any atom is 0.243 e. The summed E-state index contributed by atoms with van der Waals surface area (Å²) in [7, 11) is 0. The largest absolute Gasteiger partial charge is 0.370 e. The third-order valence-corrected chi connectivity index (χ3v) is 3.11. The van der Waals surface area contributed by atoms with Crippen molar-refractivity contribution in [3.63, 3.8) is 0 Å². The van der Waals surface area contributed by atoms with Gasteiger partial charge in [0.15, 0.2) is 11.1 Å². The van der Waals surface area contributed by atoms with Crippen LogP contribution in [0.1, 0.15) is 20.3 Å². The molecule has 0 aliphatic carbocycles. The van der Waals surface area contributed by atoms with Crippen molar-refractivity contribution < 1.29 is 9.59 Å². The van der Waals surface area contributed by atoms with E-state index >= 15 is 0 Å². The fourth-order valence-electron chi connectivity index (χ4n) is 1.54. The van der Waals surface area contributed by atoms with E-state index in [0.717, 1.165) is 11.8 Å². The Hall–Kier alpha value is -1.57. The molecule has 94 valence electrons. The van der Waals surface area contributed by atoms with Crippen LogP contribution in [0.3, 0.4) is 0 Å². The summed E-state index contributed by atoms with van der Waals surface area (Å²) in [5, 5.41) is 6.68. The third-order valence-electron chi connectivity index (χ3n) is 2.14. The number of amidine groups is 1. The number of nitrogens with zero attached hydrogens (tertiary/aromatic N) is 2. The topological polar surface area (TPSA) is 126 Å². The minimum Gasteiger partial charge on any atom is -0.370 e. The molecular weight excluding hydrogens is 242 g/mol. The van der Waals surface area contributed by atoms with Crippen LogP contribution in [0.25, 0.3) is 0 Å². The van der Waals surface area contributed by atoms with Gasteiger partial charge in [0.1, 0.15) is 5.25 Å². The third kappa shape index (κ3) is 3.19. The second kappa shape index (κ2) is 5.17. The molecule has 1 rings (SSSR count). The lowest BCUT2D eigenvalue weighted by Gasteiger charge is -2.18. The molecule has 17 heavy (non-hydrogen) atoms. The molecule has 1 saturated heterocycles. The monoisotopic (exact) mass is 257 g/mol. The van der Waals surface area contributed by atoms with E-state index in [0.29, 0.717) is 0 Å². The van der Waals surface area contributed by atoms with Crippen molar-refractivity contribution in [3.8, 4) is 0 Å². The Bertz CT molecular complexity index is 389. The molecule has 0 aromatic rings. The van der Waals surface area contributed by atoms with Crippen molar-refractivity contribution in [1.29, 1.82) is 5.41 Å². The highest BCUT2D eigenvalue weighted by Crippen LogP contribution is 2.27. The Balaban J connectivity index is 2.70. The summed E-state index contributed by atoms with van der Waals surface area (Å²) >= 11 is 0.892. The van der Waals surface area contributed by atoms with Crippen LogP contribution in [-0.2, 0) is 9.59 Å². The van der Waals surface area contributed by atoms with E-state index in [-0.39, 0.29) is 35.4 Å². The zero-order chi connectivity index (χ0) is 13.2. The van der Waals surface area contributed by atoms with Gasteiger partial charge in [-0.05, 0) is 13.8 Å². The Labute approximate surface area is 103 Å². The number of hydrogen-bond acceptors (Lipinski definition) is 4. The summed E-state index contributed by atoms with van der Waals surface area (Å²) in [6, 6.07) is -0.169. The van der Waals surface area contributed by atoms with Crippen LogP contribution >= 0.6 is 11.8 Å². The fourth-order valence-corrected chi connectivity index (χ4v) is 2.40. The molecule has 1 unspecified atom stereocenters. The standard InChI is InChI=1S/C9H15N5O2S/c1-4(2)14-6(15)3-5(7(14)16)17-9(12)13-8(10)11/h4-5H,3H2,1-2H3,(H5,10,11,12,13). The van der Waals surface area contributed by atoms with E-state index in [2.05, 4.69) is 4.99 Å². The SMILES string of the molecule is CC(C)N1C(=O)CC(SC(=N)N=C(N)N)C1=O. The van der Waals surface area contributed by atoms with Gasteiger partial charge in [-0.15, -0.1) is 0 Å². The average molecular weight is 257 g/mol. The first-order valence-corrected chi connectivity index (χ1v) is 5.91. The molecule has 8 heteroatoms. The molecule has 7 nitrogen and oxygen atoms in total. The van der Waals surface area contributed by atoms with Gasteiger partial charge in [0.05, 0.1) is 0 Å². The maximum absolute atomic E-state index is 11.9. The number of nitrogens with one attached hydrogen (secondary N) is 1. The molecule has 0 spiro atoms. The molecule has 1 aliphatic rings. The number of imide groups is 1. The van der Waals surface area contributed by atoms with E-state index in [9.17, 15) is 9.59 Å². The molecular formula is C9H15N5O2S. The molecule has 0 aromatic carbocycles. The van der Waals surface area contributed by atoms with Gasteiger partial charge in [-0.3, -0.25) is 19.9 Å². The van der Waals surface area contributed by atoms with Crippen molar-refractivity contribution in [2.45, 2.75) is 31.6 Å². The summed E-state index contributed by atoms with van der Waals surface area (Å²) < 4.78 is 0. The lowest BCUT2D eigenvalue weighted by atomic mass is 10.3. The highest BCUT2D eigenvalue weighted by atomic mass is 32.2. The first-order valence-electron chi connectivity index (χ1n) is 5.03. The van der Waals surface area contributed by atoms with Gasteiger partial charge in [-0.25, -0.2) is 0 Å². The normalized spacial score (nSPS) is 19.9. The molecule has 0 bridgehead atoms. The number of guanidine groups is 1. The number of hydrogen-bond donors (Lipinski definition) is 3.